The van der Waals surface area contributed by atoms with E-state index in [4.69, 9.17) is 14.7 Å². The van der Waals surface area contributed by atoms with Gasteiger partial charge < -0.3 is 19.3 Å². The van der Waals surface area contributed by atoms with Gasteiger partial charge in [0.25, 0.3) is 0 Å². The van der Waals surface area contributed by atoms with Gasteiger partial charge >= 0.3 is 0 Å². The number of ether oxygens (including phenoxy) is 2. The van der Waals surface area contributed by atoms with Crippen LogP contribution in [-0.4, -0.2) is 62.7 Å². The summed E-state index contributed by atoms with van der Waals surface area (Å²) >= 11 is 0. The minimum Gasteiger partial charge on any atom is -0.493 e. The van der Waals surface area contributed by atoms with Crippen LogP contribution in [0.25, 0.3) is 0 Å². The molecular formula is C19H27N3O3. The lowest BCUT2D eigenvalue weighted by Gasteiger charge is -2.22. The van der Waals surface area contributed by atoms with Gasteiger partial charge in [-0.15, -0.1) is 0 Å². The van der Waals surface area contributed by atoms with Crippen LogP contribution in [0.15, 0.2) is 18.2 Å². The summed E-state index contributed by atoms with van der Waals surface area (Å²) in [4.78, 5) is 16.5. The molecule has 1 aromatic carbocycles. The number of methoxy groups -OCH3 is 1. The summed E-state index contributed by atoms with van der Waals surface area (Å²) < 4.78 is 10.9. The average molecular weight is 345 g/mol. The number of nitriles is 1. The Labute approximate surface area is 149 Å². The van der Waals surface area contributed by atoms with Gasteiger partial charge in [0.1, 0.15) is 0 Å². The molecule has 0 radical (unpaired) electrons. The summed E-state index contributed by atoms with van der Waals surface area (Å²) in [5.74, 6) is 1.81. The van der Waals surface area contributed by atoms with Crippen LogP contribution in [-0.2, 0) is 4.79 Å². The molecule has 1 fully saturated rings. The Balaban J connectivity index is 1.78. The third-order valence-electron chi connectivity index (χ3n) is 4.67. The third kappa shape index (κ3) is 4.86. The molecule has 0 saturated carbocycles. The molecule has 0 aromatic heterocycles. The van der Waals surface area contributed by atoms with Gasteiger partial charge in [0.2, 0.25) is 5.91 Å². The van der Waals surface area contributed by atoms with E-state index in [0.29, 0.717) is 48.5 Å². The van der Waals surface area contributed by atoms with Gasteiger partial charge in [-0.3, -0.25) is 4.79 Å². The zero-order chi connectivity index (χ0) is 18.4. The van der Waals surface area contributed by atoms with E-state index in [2.05, 4.69) is 32.0 Å². The molecule has 25 heavy (non-hydrogen) atoms. The van der Waals surface area contributed by atoms with Gasteiger partial charge in [-0.1, -0.05) is 6.92 Å². The van der Waals surface area contributed by atoms with Gasteiger partial charge in [0, 0.05) is 31.6 Å². The van der Waals surface area contributed by atoms with E-state index in [1.54, 1.807) is 25.3 Å². The number of carbonyl (C=O) groups excluding carboxylic acids is 1. The molecular weight excluding hydrogens is 318 g/mol. The standard InChI is InChI=1S/C19H27N3O3/c1-14-12-22(13-16(14)21(2)3)19(23)6-5-9-25-17-8-7-15(11-20)10-18(17)24-4/h7-8,10,14,16H,5-6,9,12-13H2,1-4H3. The maximum Gasteiger partial charge on any atom is 0.222 e. The summed E-state index contributed by atoms with van der Waals surface area (Å²) in [5, 5.41) is 8.91. The van der Waals surface area contributed by atoms with E-state index in [0.717, 1.165) is 13.1 Å². The highest BCUT2D eigenvalue weighted by molar-refractivity contribution is 5.76. The third-order valence-corrected chi connectivity index (χ3v) is 4.67. The number of hydrogen-bond donors (Lipinski definition) is 0. The Hall–Kier alpha value is -2.26. The van der Waals surface area contributed by atoms with Gasteiger partial charge in [-0.2, -0.15) is 5.26 Å². The van der Waals surface area contributed by atoms with E-state index in [1.165, 1.54) is 0 Å². The number of carbonyl (C=O) groups is 1. The summed E-state index contributed by atoms with van der Waals surface area (Å²) in [5.41, 5.74) is 0.526. The first-order valence-corrected chi connectivity index (χ1v) is 8.61. The zero-order valence-electron chi connectivity index (χ0n) is 15.5. The molecule has 6 heteroatoms. The molecule has 0 N–H and O–H groups in total. The van der Waals surface area contributed by atoms with E-state index in [9.17, 15) is 4.79 Å². The van der Waals surface area contributed by atoms with Gasteiger partial charge in [-0.05, 0) is 38.6 Å². The van der Waals surface area contributed by atoms with Crippen molar-refractivity contribution >= 4 is 5.91 Å². The van der Waals surface area contributed by atoms with E-state index >= 15 is 0 Å². The maximum absolute atomic E-state index is 12.4. The van der Waals surface area contributed by atoms with Crippen LogP contribution in [0.5, 0.6) is 11.5 Å². The van der Waals surface area contributed by atoms with Crippen LogP contribution in [0.4, 0.5) is 0 Å². The SMILES string of the molecule is COc1cc(C#N)ccc1OCCCC(=O)N1CC(C)C(N(C)C)C1. The number of nitrogens with zero attached hydrogens (tertiary/aromatic N) is 3. The van der Waals surface area contributed by atoms with Crippen molar-refractivity contribution in [3.8, 4) is 17.6 Å². The second-order valence-electron chi connectivity index (χ2n) is 6.74. The topological polar surface area (TPSA) is 65.8 Å². The van der Waals surface area contributed by atoms with Crippen LogP contribution >= 0.6 is 0 Å². The molecule has 0 bridgehead atoms. The van der Waals surface area contributed by atoms with E-state index in [-0.39, 0.29) is 5.91 Å². The van der Waals surface area contributed by atoms with Gasteiger partial charge in [-0.25, -0.2) is 0 Å². The maximum atomic E-state index is 12.4. The number of likely N-dealkylation sites (N-methyl/N-ethyl adjacent to an activating group) is 1. The van der Waals surface area contributed by atoms with Gasteiger partial charge in [0.15, 0.2) is 11.5 Å². The molecule has 1 heterocycles. The first-order valence-electron chi connectivity index (χ1n) is 8.61. The molecule has 2 unspecified atom stereocenters. The predicted octanol–water partition coefficient (Wildman–Crippen LogP) is 2.13. The number of rotatable bonds is 7. The first kappa shape index (κ1) is 19.1. The van der Waals surface area contributed by atoms with Crippen LogP contribution in [0.2, 0.25) is 0 Å². The predicted molar refractivity (Wildman–Crippen MR) is 95.7 cm³/mol. The summed E-state index contributed by atoms with van der Waals surface area (Å²) in [6, 6.07) is 7.56. The number of hydrogen-bond acceptors (Lipinski definition) is 5. The Kier molecular flexibility index (Phi) is 6.65. The van der Waals surface area contributed by atoms with Crippen molar-refractivity contribution in [3.05, 3.63) is 23.8 Å². The number of amides is 1. The minimum absolute atomic E-state index is 0.187. The number of likely N-dealkylation sites (tertiary alicyclic amines) is 1. The summed E-state index contributed by atoms with van der Waals surface area (Å²) in [6.45, 7) is 4.26. The Bertz CT molecular complexity index is 639. The molecule has 2 rings (SSSR count). The van der Waals surface area contributed by atoms with Crippen molar-refractivity contribution < 1.29 is 14.3 Å². The van der Waals surface area contributed by atoms with E-state index in [1.807, 2.05) is 4.90 Å². The van der Waals surface area contributed by atoms with Gasteiger partial charge in [0.05, 0.1) is 25.3 Å². The molecule has 136 valence electrons. The monoisotopic (exact) mass is 345 g/mol. The van der Waals surface area contributed by atoms with Crippen LogP contribution < -0.4 is 9.47 Å². The summed E-state index contributed by atoms with van der Waals surface area (Å²) in [7, 11) is 5.67. The fourth-order valence-electron chi connectivity index (χ4n) is 3.25. The van der Waals surface area contributed by atoms with Crippen molar-refractivity contribution in [1.29, 1.82) is 5.26 Å². The lowest BCUT2D eigenvalue weighted by Crippen LogP contribution is -2.35. The highest BCUT2D eigenvalue weighted by Gasteiger charge is 2.33. The fourth-order valence-corrected chi connectivity index (χ4v) is 3.25. The minimum atomic E-state index is 0.187. The van der Waals surface area contributed by atoms with Crippen LogP contribution in [0, 0.1) is 17.2 Å². The molecule has 1 aromatic rings. The molecule has 6 nitrogen and oxygen atoms in total. The molecule has 0 spiro atoms. The normalized spacial score (nSPS) is 19.8. The second-order valence-corrected chi connectivity index (χ2v) is 6.74. The highest BCUT2D eigenvalue weighted by atomic mass is 16.5. The van der Waals surface area contributed by atoms with Crippen molar-refractivity contribution in [2.24, 2.45) is 5.92 Å². The summed E-state index contributed by atoms with van der Waals surface area (Å²) in [6.07, 6.45) is 1.13. The van der Waals surface area contributed by atoms with Crippen LogP contribution in [0.1, 0.15) is 25.3 Å². The lowest BCUT2D eigenvalue weighted by atomic mass is 10.1. The van der Waals surface area contributed by atoms with Crippen LogP contribution in [0.3, 0.4) is 0 Å². The van der Waals surface area contributed by atoms with Crippen molar-refractivity contribution in [1.82, 2.24) is 9.80 Å². The first-order chi connectivity index (χ1) is 12.0. The smallest absolute Gasteiger partial charge is 0.222 e. The lowest BCUT2D eigenvalue weighted by molar-refractivity contribution is -0.130. The Morgan fingerprint density at radius 1 is 1.36 bits per heavy atom. The molecule has 0 aliphatic carbocycles. The Morgan fingerprint density at radius 3 is 2.72 bits per heavy atom. The quantitative estimate of drug-likeness (QED) is 0.708. The second kappa shape index (κ2) is 8.72. The fraction of sp³-hybridized carbons (Fsp3) is 0.579. The zero-order valence-corrected chi connectivity index (χ0v) is 15.5. The molecule has 1 amide bonds. The Morgan fingerprint density at radius 2 is 2.12 bits per heavy atom. The highest BCUT2D eigenvalue weighted by Crippen LogP contribution is 2.28. The largest absolute Gasteiger partial charge is 0.493 e. The molecule has 1 aliphatic rings. The van der Waals surface area contributed by atoms with Crippen molar-refractivity contribution in [2.45, 2.75) is 25.8 Å². The molecule has 2 atom stereocenters. The van der Waals surface area contributed by atoms with E-state index < -0.39 is 0 Å². The van der Waals surface area contributed by atoms with Crippen molar-refractivity contribution in [3.63, 3.8) is 0 Å². The molecule has 1 aliphatic heterocycles. The van der Waals surface area contributed by atoms with Crippen molar-refractivity contribution in [2.75, 3.05) is 40.9 Å². The average Bonchev–Trinajstić information content (AvgIpc) is 3.00. The number of benzene rings is 1. The molecule has 1 saturated heterocycles.